The van der Waals surface area contributed by atoms with Gasteiger partial charge >= 0.3 is 0 Å². The first kappa shape index (κ1) is 12.3. The summed E-state index contributed by atoms with van der Waals surface area (Å²) < 4.78 is 5.50. The molecule has 2 aliphatic rings. The Bertz CT molecular complexity index is 198. The molecule has 3 nitrogen and oxygen atoms in total. The summed E-state index contributed by atoms with van der Waals surface area (Å²) in [5, 5.41) is 10.1. The van der Waals surface area contributed by atoms with Gasteiger partial charge in [-0.1, -0.05) is 32.1 Å². The van der Waals surface area contributed by atoms with Crippen LogP contribution in [0.4, 0.5) is 0 Å². The summed E-state index contributed by atoms with van der Waals surface area (Å²) in [6.07, 6.45) is 9.21. The maximum Gasteiger partial charge on any atom is 0.0952 e. The van der Waals surface area contributed by atoms with Gasteiger partial charge in [-0.05, 0) is 25.2 Å². The number of aliphatic hydroxyl groups is 1. The van der Waals surface area contributed by atoms with E-state index in [-0.39, 0.29) is 12.1 Å². The number of nitrogens with two attached hydrogens (primary N) is 1. The normalized spacial score (nSPS) is 31.5. The Morgan fingerprint density at radius 3 is 2.50 bits per heavy atom. The molecule has 0 amide bonds. The number of rotatable bonds is 4. The molecular weight excluding hydrogens is 202 g/mol. The van der Waals surface area contributed by atoms with Crippen molar-refractivity contribution >= 4 is 0 Å². The van der Waals surface area contributed by atoms with Crippen LogP contribution in [0.1, 0.15) is 51.4 Å². The Morgan fingerprint density at radius 2 is 1.88 bits per heavy atom. The van der Waals surface area contributed by atoms with Gasteiger partial charge in [-0.2, -0.15) is 0 Å². The van der Waals surface area contributed by atoms with E-state index in [4.69, 9.17) is 10.5 Å². The molecule has 1 saturated heterocycles. The molecule has 0 radical (unpaired) electrons. The highest BCUT2D eigenvalue weighted by atomic mass is 16.5. The van der Waals surface area contributed by atoms with Crippen LogP contribution in [0.5, 0.6) is 0 Å². The van der Waals surface area contributed by atoms with Crippen LogP contribution in [0.15, 0.2) is 0 Å². The molecule has 16 heavy (non-hydrogen) atoms. The molecule has 0 aromatic heterocycles. The third kappa shape index (κ3) is 3.19. The molecule has 3 N–H and O–H groups in total. The number of hydrogen-bond acceptors (Lipinski definition) is 3. The largest absolute Gasteiger partial charge is 0.389 e. The van der Waals surface area contributed by atoms with Crippen molar-refractivity contribution in [2.24, 2.45) is 11.7 Å². The SMILES string of the molecule is N[C@@H](CC1CCCCC1)[C@@H](O)[C@H]1CCCO1. The zero-order valence-corrected chi connectivity index (χ0v) is 10.1. The summed E-state index contributed by atoms with van der Waals surface area (Å²) in [6, 6.07) is -0.0915. The van der Waals surface area contributed by atoms with Gasteiger partial charge in [0.1, 0.15) is 0 Å². The van der Waals surface area contributed by atoms with Crippen LogP contribution in [0.25, 0.3) is 0 Å². The van der Waals surface area contributed by atoms with Crippen molar-refractivity contribution in [1.29, 1.82) is 0 Å². The van der Waals surface area contributed by atoms with E-state index < -0.39 is 6.10 Å². The Labute approximate surface area is 98.4 Å². The van der Waals surface area contributed by atoms with E-state index >= 15 is 0 Å². The second-order valence-electron chi connectivity index (χ2n) is 5.45. The molecule has 2 fully saturated rings. The Hall–Kier alpha value is -0.120. The van der Waals surface area contributed by atoms with Gasteiger partial charge in [0.05, 0.1) is 12.2 Å². The molecule has 0 bridgehead atoms. The molecule has 0 unspecified atom stereocenters. The van der Waals surface area contributed by atoms with E-state index in [1.807, 2.05) is 0 Å². The van der Waals surface area contributed by atoms with Crippen LogP contribution in [0.3, 0.4) is 0 Å². The lowest BCUT2D eigenvalue weighted by Crippen LogP contribution is -2.44. The van der Waals surface area contributed by atoms with Crippen molar-refractivity contribution < 1.29 is 9.84 Å². The van der Waals surface area contributed by atoms with Crippen molar-refractivity contribution in [2.45, 2.75) is 69.6 Å². The summed E-state index contributed by atoms with van der Waals surface area (Å²) in [6.45, 7) is 0.790. The predicted molar refractivity (Wildman–Crippen MR) is 64.1 cm³/mol. The van der Waals surface area contributed by atoms with Gasteiger partial charge in [0.2, 0.25) is 0 Å². The lowest BCUT2D eigenvalue weighted by Gasteiger charge is -2.29. The van der Waals surface area contributed by atoms with E-state index in [0.29, 0.717) is 0 Å². The fraction of sp³-hybridized carbons (Fsp3) is 1.00. The quantitative estimate of drug-likeness (QED) is 0.770. The maximum absolute atomic E-state index is 10.1. The number of hydrogen-bond donors (Lipinski definition) is 2. The van der Waals surface area contributed by atoms with Crippen LogP contribution >= 0.6 is 0 Å². The molecule has 3 atom stereocenters. The lowest BCUT2D eigenvalue weighted by atomic mass is 9.83. The first-order chi connectivity index (χ1) is 7.77. The summed E-state index contributed by atoms with van der Waals surface area (Å²) in [5.41, 5.74) is 6.10. The van der Waals surface area contributed by atoms with Gasteiger partial charge in [0, 0.05) is 12.6 Å². The lowest BCUT2D eigenvalue weighted by molar-refractivity contribution is -0.0184. The van der Waals surface area contributed by atoms with Gasteiger partial charge in [-0.25, -0.2) is 0 Å². The van der Waals surface area contributed by atoms with Crippen LogP contribution < -0.4 is 5.73 Å². The van der Waals surface area contributed by atoms with Gasteiger partial charge in [-0.15, -0.1) is 0 Å². The second kappa shape index (κ2) is 5.99. The van der Waals surface area contributed by atoms with Gasteiger partial charge in [0.15, 0.2) is 0 Å². The van der Waals surface area contributed by atoms with Crippen LogP contribution in [0.2, 0.25) is 0 Å². The maximum atomic E-state index is 10.1. The molecule has 2 rings (SSSR count). The molecule has 1 heterocycles. The van der Waals surface area contributed by atoms with Crippen molar-refractivity contribution in [1.82, 2.24) is 0 Å². The Balaban J connectivity index is 1.74. The van der Waals surface area contributed by atoms with E-state index in [0.717, 1.165) is 31.8 Å². The number of aliphatic hydroxyl groups excluding tert-OH is 1. The van der Waals surface area contributed by atoms with E-state index in [2.05, 4.69) is 0 Å². The van der Waals surface area contributed by atoms with Crippen molar-refractivity contribution in [3.05, 3.63) is 0 Å². The summed E-state index contributed by atoms with van der Waals surface area (Å²) in [7, 11) is 0. The molecular formula is C13H25NO2. The van der Waals surface area contributed by atoms with Crippen LogP contribution in [-0.2, 0) is 4.74 Å². The molecule has 1 aliphatic heterocycles. The highest BCUT2D eigenvalue weighted by Gasteiger charge is 2.30. The molecule has 0 aromatic rings. The fourth-order valence-corrected chi connectivity index (χ4v) is 3.09. The third-order valence-corrected chi connectivity index (χ3v) is 4.11. The minimum absolute atomic E-state index is 0.00131. The first-order valence-corrected chi connectivity index (χ1v) is 6.82. The van der Waals surface area contributed by atoms with Crippen LogP contribution in [0, 0.1) is 5.92 Å². The zero-order chi connectivity index (χ0) is 11.4. The van der Waals surface area contributed by atoms with Gasteiger partial charge < -0.3 is 15.6 Å². The molecule has 3 heteroatoms. The summed E-state index contributed by atoms with van der Waals surface area (Å²) in [5.74, 6) is 0.736. The third-order valence-electron chi connectivity index (χ3n) is 4.11. The molecule has 94 valence electrons. The zero-order valence-electron chi connectivity index (χ0n) is 10.1. The Kier molecular flexibility index (Phi) is 4.62. The van der Waals surface area contributed by atoms with Crippen molar-refractivity contribution in [2.75, 3.05) is 6.61 Å². The average molecular weight is 227 g/mol. The van der Waals surface area contributed by atoms with Gasteiger partial charge in [0.25, 0.3) is 0 Å². The minimum atomic E-state index is -0.454. The highest BCUT2D eigenvalue weighted by Crippen LogP contribution is 2.28. The second-order valence-corrected chi connectivity index (χ2v) is 5.45. The first-order valence-electron chi connectivity index (χ1n) is 6.82. The fourth-order valence-electron chi connectivity index (χ4n) is 3.09. The molecule has 1 aliphatic carbocycles. The molecule has 1 saturated carbocycles. The van der Waals surface area contributed by atoms with Crippen LogP contribution in [-0.4, -0.2) is 30.0 Å². The van der Waals surface area contributed by atoms with E-state index in [1.165, 1.54) is 32.1 Å². The minimum Gasteiger partial charge on any atom is -0.389 e. The highest BCUT2D eigenvalue weighted by molar-refractivity contribution is 4.84. The summed E-state index contributed by atoms with van der Waals surface area (Å²) in [4.78, 5) is 0. The average Bonchev–Trinajstić information content (AvgIpc) is 2.83. The smallest absolute Gasteiger partial charge is 0.0952 e. The van der Waals surface area contributed by atoms with Crippen molar-refractivity contribution in [3.63, 3.8) is 0 Å². The topological polar surface area (TPSA) is 55.5 Å². The molecule has 0 spiro atoms. The monoisotopic (exact) mass is 227 g/mol. The van der Waals surface area contributed by atoms with Gasteiger partial charge in [-0.3, -0.25) is 0 Å². The standard InChI is InChI=1S/C13H25NO2/c14-11(9-10-5-2-1-3-6-10)13(15)12-7-4-8-16-12/h10-13,15H,1-9,14H2/t11-,12+,13+/m0/s1. The predicted octanol–water partition coefficient (Wildman–Crippen LogP) is 1.82. The summed E-state index contributed by atoms with van der Waals surface area (Å²) >= 11 is 0. The Morgan fingerprint density at radius 1 is 1.12 bits per heavy atom. The number of ether oxygens (including phenoxy) is 1. The van der Waals surface area contributed by atoms with Crippen molar-refractivity contribution in [3.8, 4) is 0 Å². The van der Waals surface area contributed by atoms with E-state index in [1.54, 1.807) is 0 Å². The van der Waals surface area contributed by atoms with E-state index in [9.17, 15) is 5.11 Å². The molecule has 0 aromatic carbocycles.